The van der Waals surface area contributed by atoms with Crippen molar-refractivity contribution < 1.29 is 0 Å². The van der Waals surface area contributed by atoms with E-state index < -0.39 is 0 Å². The van der Waals surface area contributed by atoms with Gasteiger partial charge < -0.3 is 4.90 Å². The first-order chi connectivity index (χ1) is 12.7. The molecule has 0 saturated heterocycles. The molecule has 6 nitrogen and oxygen atoms in total. The van der Waals surface area contributed by atoms with E-state index in [0.29, 0.717) is 11.6 Å². The summed E-state index contributed by atoms with van der Waals surface area (Å²) in [4.78, 5) is 12.0. The summed E-state index contributed by atoms with van der Waals surface area (Å²) in [6, 6.07) is 11.8. The lowest BCUT2D eigenvalue weighted by Crippen LogP contribution is -2.24. The fourth-order valence-corrected chi connectivity index (χ4v) is 3.42. The summed E-state index contributed by atoms with van der Waals surface area (Å²) in [6.45, 7) is 6.45. The molecule has 26 heavy (non-hydrogen) atoms. The van der Waals surface area contributed by atoms with E-state index >= 15 is 0 Å². The van der Waals surface area contributed by atoms with Gasteiger partial charge in [-0.05, 0) is 32.0 Å². The minimum atomic E-state index is 0.428. The Morgan fingerprint density at radius 1 is 1.12 bits per heavy atom. The zero-order valence-electron chi connectivity index (χ0n) is 14.7. The molecule has 0 bridgehead atoms. The number of pyridine rings is 1. The molecule has 0 aliphatic carbocycles. The predicted octanol–water partition coefficient (Wildman–Crippen LogP) is 3.51. The lowest BCUT2D eigenvalue weighted by molar-refractivity contribution is 0.840. The molecule has 7 heteroatoms. The van der Waals surface area contributed by atoms with Crippen molar-refractivity contribution in [1.82, 2.24) is 19.7 Å². The molecule has 0 spiro atoms. The minimum absolute atomic E-state index is 0.428. The number of halogens is 1. The van der Waals surface area contributed by atoms with E-state index in [-0.39, 0.29) is 0 Å². The number of hydrogen-bond donors (Lipinski definition) is 0. The van der Waals surface area contributed by atoms with Gasteiger partial charge in [0.15, 0.2) is 5.82 Å². The molecule has 0 radical (unpaired) electrons. The maximum atomic E-state index is 6.47. The first-order valence-electron chi connectivity index (χ1n) is 8.68. The molecule has 132 valence electrons. The molecule has 1 aliphatic heterocycles. The van der Waals surface area contributed by atoms with Crippen molar-refractivity contribution in [2.24, 2.45) is 4.99 Å². The van der Waals surface area contributed by atoms with Crippen LogP contribution in [0.2, 0.25) is 5.02 Å². The summed E-state index contributed by atoms with van der Waals surface area (Å²) in [5.74, 6) is 1.70. The summed E-state index contributed by atoms with van der Waals surface area (Å²) < 4.78 is 1.95. The number of anilines is 1. The monoisotopic (exact) mass is 366 g/mol. The smallest absolute Gasteiger partial charge is 0.159 e. The average Bonchev–Trinajstić information content (AvgIpc) is 3.07. The van der Waals surface area contributed by atoms with Crippen LogP contribution >= 0.6 is 11.6 Å². The first-order valence-corrected chi connectivity index (χ1v) is 9.05. The molecule has 3 aromatic rings. The van der Waals surface area contributed by atoms with Crippen LogP contribution in [0.4, 0.5) is 5.82 Å². The van der Waals surface area contributed by atoms with Gasteiger partial charge in [0.05, 0.1) is 16.4 Å². The molecule has 2 aromatic heterocycles. The number of rotatable bonds is 4. The number of aliphatic imine (C=N–C) groups is 1. The highest BCUT2D eigenvalue weighted by atomic mass is 35.5. The van der Waals surface area contributed by atoms with Gasteiger partial charge in [0.1, 0.15) is 24.4 Å². The van der Waals surface area contributed by atoms with E-state index in [1.165, 1.54) is 0 Å². The molecular formula is C19H19ClN6. The highest BCUT2D eigenvalue weighted by molar-refractivity contribution is 6.35. The summed E-state index contributed by atoms with van der Waals surface area (Å²) in [7, 11) is 0. The quantitative estimate of drug-likeness (QED) is 0.709. The number of hydrogen-bond acceptors (Lipinski definition) is 5. The lowest BCUT2D eigenvalue weighted by Gasteiger charge is -2.21. The van der Waals surface area contributed by atoms with Crippen LogP contribution in [-0.2, 0) is 6.54 Å². The number of fused-ring (bicyclic) bond motifs is 3. The molecule has 0 atom stereocenters. The SMILES string of the molecule is CCN(CC)c1ccc2c(n1)C(c1ccccc1Cl)=NCc1nncn1-2. The summed E-state index contributed by atoms with van der Waals surface area (Å²) in [6.07, 6.45) is 1.71. The second-order valence-electron chi connectivity index (χ2n) is 5.97. The van der Waals surface area contributed by atoms with Crippen LogP contribution in [0.3, 0.4) is 0 Å². The lowest BCUT2D eigenvalue weighted by atomic mass is 10.1. The normalized spacial score (nSPS) is 12.8. The highest BCUT2D eigenvalue weighted by Crippen LogP contribution is 2.28. The summed E-state index contributed by atoms with van der Waals surface area (Å²) in [5.41, 5.74) is 3.36. The second-order valence-corrected chi connectivity index (χ2v) is 6.38. The maximum absolute atomic E-state index is 6.47. The van der Waals surface area contributed by atoms with Crippen molar-refractivity contribution in [1.29, 1.82) is 0 Å². The Morgan fingerprint density at radius 3 is 2.69 bits per heavy atom. The molecule has 0 amide bonds. The van der Waals surface area contributed by atoms with Gasteiger partial charge in [-0.3, -0.25) is 9.56 Å². The second kappa shape index (κ2) is 6.88. The predicted molar refractivity (Wildman–Crippen MR) is 104 cm³/mol. The van der Waals surface area contributed by atoms with E-state index in [4.69, 9.17) is 21.6 Å². The van der Waals surface area contributed by atoms with Crippen LogP contribution in [0, 0.1) is 0 Å². The van der Waals surface area contributed by atoms with Crippen molar-refractivity contribution in [3.63, 3.8) is 0 Å². The van der Waals surface area contributed by atoms with Gasteiger partial charge in [-0.1, -0.05) is 29.8 Å². The van der Waals surface area contributed by atoms with Crippen molar-refractivity contribution in [2.45, 2.75) is 20.4 Å². The number of aromatic nitrogens is 4. The Balaban J connectivity index is 1.95. The molecule has 4 rings (SSSR count). The molecule has 1 aromatic carbocycles. The Labute approximate surface area is 157 Å². The van der Waals surface area contributed by atoms with Crippen molar-refractivity contribution >= 4 is 23.1 Å². The van der Waals surface area contributed by atoms with Crippen molar-refractivity contribution in [2.75, 3.05) is 18.0 Å². The third-order valence-corrected chi connectivity index (χ3v) is 4.89. The fourth-order valence-electron chi connectivity index (χ4n) is 3.19. The van der Waals surface area contributed by atoms with E-state index in [2.05, 4.69) is 35.0 Å². The number of benzene rings is 1. The van der Waals surface area contributed by atoms with Crippen LogP contribution in [0.15, 0.2) is 47.7 Å². The van der Waals surface area contributed by atoms with Crippen LogP contribution in [-0.4, -0.2) is 38.5 Å². The third kappa shape index (κ3) is 2.76. The van der Waals surface area contributed by atoms with Gasteiger partial charge in [0.2, 0.25) is 0 Å². The fraction of sp³-hybridized carbons (Fsp3) is 0.263. The Bertz CT molecular complexity index is 974. The molecule has 0 N–H and O–H groups in total. The number of nitrogens with zero attached hydrogens (tertiary/aromatic N) is 6. The summed E-state index contributed by atoms with van der Waals surface area (Å²) in [5, 5.41) is 8.88. The molecule has 0 unspecified atom stereocenters. The minimum Gasteiger partial charge on any atom is -0.357 e. The topological polar surface area (TPSA) is 59.2 Å². The Kier molecular flexibility index (Phi) is 4.42. The van der Waals surface area contributed by atoms with E-state index in [9.17, 15) is 0 Å². The van der Waals surface area contributed by atoms with Gasteiger partial charge in [-0.15, -0.1) is 10.2 Å². The highest BCUT2D eigenvalue weighted by Gasteiger charge is 2.23. The van der Waals surface area contributed by atoms with Gasteiger partial charge in [-0.25, -0.2) is 4.98 Å². The van der Waals surface area contributed by atoms with E-state index in [0.717, 1.165) is 47.4 Å². The van der Waals surface area contributed by atoms with Crippen LogP contribution in [0.1, 0.15) is 30.9 Å². The Hall–Kier alpha value is -2.73. The molecule has 1 aliphatic rings. The van der Waals surface area contributed by atoms with Crippen molar-refractivity contribution in [3.05, 3.63) is 64.8 Å². The zero-order valence-corrected chi connectivity index (χ0v) is 15.5. The molecule has 0 fully saturated rings. The average molecular weight is 367 g/mol. The Morgan fingerprint density at radius 2 is 1.92 bits per heavy atom. The largest absolute Gasteiger partial charge is 0.357 e. The first kappa shape index (κ1) is 16.7. The van der Waals surface area contributed by atoms with Gasteiger partial charge in [0, 0.05) is 18.7 Å². The van der Waals surface area contributed by atoms with E-state index in [1.54, 1.807) is 6.33 Å². The third-order valence-electron chi connectivity index (χ3n) is 4.56. The molecule has 0 saturated carbocycles. The molecular weight excluding hydrogens is 348 g/mol. The van der Waals surface area contributed by atoms with Crippen LogP contribution in [0.25, 0.3) is 5.69 Å². The van der Waals surface area contributed by atoms with Crippen LogP contribution < -0.4 is 4.90 Å². The standard InChI is InChI=1S/C19H19ClN6/c1-3-25(4-2)16-10-9-15-19(23-16)18(13-7-5-6-8-14(13)20)21-11-17-24-22-12-26(15)17/h5-10,12H,3-4,11H2,1-2H3. The van der Waals surface area contributed by atoms with E-state index in [1.807, 2.05) is 34.9 Å². The summed E-state index contributed by atoms with van der Waals surface area (Å²) >= 11 is 6.47. The van der Waals surface area contributed by atoms with Gasteiger partial charge in [0.25, 0.3) is 0 Å². The van der Waals surface area contributed by atoms with Crippen LogP contribution in [0.5, 0.6) is 0 Å². The maximum Gasteiger partial charge on any atom is 0.159 e. The van der Waals surface area contributed by atoms with Gasteiger partial charge in [-0.2, -0.15) is 0 Å². The zero-order chi connectivity index (χ0) is 18.1. The molecule has 3 heterocycles. The van der Waals surface area contributed by atoms with Crippen molar-refractivity contribution in [3.8, 4) is 5.69 Å². The van der Waals surface area contributed by atoms with Gasteiger partial charge >= 0.3 is 0 Å².